The molecule has 0 fully saturated rings. The van der Waals surface area contributed by atoms with Crippen molar-refractivity contribution in [2.24, 2.45) is 0 Å². The van der Waals surface area contributed by atoms with E-state index in [1.807, 2.05) is 6.08 Å². The molecule has 8 heteroatoms. The van der Waals surface area contributed by atoms with E-state index in [4.69, 9.17) is 0 Å². The predicted molar refractivity (Wildman–Crippen MR) is 93.6 cm³/mol. The van der Waals surface area contributed by atoms with Crippen molar-refractivity contribution in [3.63, 3.8) is 0 Å². The number of hydrogen-bond donors (Lipinski definition) is 1. The van der Waals surface area contributed by atoms with E-state index in [0.29, 0.717) is 18.8 Å². The van der Waals surface area contributed by atoms with E-state index < -0.39 is 14.9 Å². The largest absolute Gasteiger partial charge is 0.376 e. The van der Waals surface area contributed by atoms with Crippen LogP contribution < -0.4 is 5.32 Å². The van der Waals surface area contributed by atoms with E-state index in [0.717, 1.165) is 25.3 Å². The van der Waals surface area contributed by atoms with Gasteiger partial charge in [0.2, 0.25) is 10.0 Å². The molecule has 1 aliphatic carbocycles. The van der Waals surface area contributed by atoms with E-state index in [-0.39, 0.29) is 16.6 Å². The third kappa shape index (κ3) is 3.93. The highest BCUT2D eigenvalue weighted by Gasteiger charge is 2.26. The van der Waals surface area contributed by atoms with Crippen LogP contribution in [0.5, 0.6) is 0 Å². The van der Waals surface area contributed by atoms with Crippen molar-refractivity contribution in [1.82, 2.24) is 4.31 Å². The van der Waals surface area contributed by atoms with Gasteiger partial charge in [-0.05, 0) is 31.4 Å². The third-order valence-corrected chi connectivity index (χ3v) is 6.18. The van der Waals surface area contributed by atoms with Crippen LogP contribution in [0.25, 0.3) is 0 Å². The molecule has 1 aliphatic rings. The first-order valence-corrected chi connectivity index (χ1v) is 9.54. The van der Waals surface area contributed by atoms with Crippen molar-refractivity contribution in [3.05, 3.63) is 40.5 Å². The Bertz CT molecular complexity index is 727. The molecule has 1 unspecified atom stereocenters. The molecule has 0 aromatic heterocycles. The van der Waals surface area contributed by atoms with Gasteiger partial charge < -0.3 is 5.32 Å². The molecule has 0 amide bonds. The summed E-state index contributed by atoms with van der Waals surface area (Å²) in [5.41, 5.74) is 0.150. The summed E-state index contributed by atoms with van der Waals surface area (Å²) in [6, 6.07) is 4.20. The Labute approximate surface area is 142 Å². The fourth-order valence-electron chi connectivity index (χ4n) is 2.80. The number of nitro benzene ring substituents is 1. The quantitative estimate of drug-likeness (QED) is 0.462. The molecule has 1 aromatic rings. The van der Waals surface area contributed by atoms with E-state index >= 15 is 0 Å². The molecule has 2 rings (SSSR count). The number of allylic oxidation sites excluding steroid dienone is 1. The number of anilines is 1. The molecule has 7 nitrogen and oxygen atoms in total. The Morgan fingerprint density at radius 2 is 2.00 bits per heavy atom. The van der Waals surface area contributed by atoms with Crippen LogP contribution >= 0.6 is 0 Å². The first kappa shape index (κ1) is 18.4. The molecule has 0 radical (unpaired) electrons. The van der Waals surface area contributed by atoms with Crippen molar-refractivity contribution in [2.45, 2.75) is 44.0 Å². The highest BCUT2D eigenvalue weighted by molar-refractivity contribution is 7.89. The van der Waals surface area contributed by atoms with Crippen molar-refractivity contribution in [3.8, 4) is 0 Å². The molecular weight excluding hydrogens is 330 g/mol. The van der Waals surface area contributed by atoms with Crippen molar-refractivity contribution >= 4 is 21.4 Å². The summed E-state index contributed by atoms with van der Waals surface area (Å²) in [6.07, 6.45) is 6.77. The zero-order chi connectivity index (χ0) is 17.7. The topological polar surface area (TPSA) is 92.6 Å². The van der Waals surface area contributed by atoms with Gasteiger partial charge in [-0.15, -0.1) is 0 Å². The average Bonchev–Trinajstić information content (AvgIpc) is 2.56. The number of hydrogen-bond acceptors (Lipinski definition) is 5. The number of benzene rings is 1. The molecule has 132 valence electrons. The number of nitrogens with zero attached hydrogens (tertiary/aromatic N) is 2. The molecule has 0 aliphatic heterocycles. The van der Waals surface area contributed by atoms with Gasteiger partial charge >= 0.3 is 0 Å². The predicted octanol–water partition coefficient (Wildman–Crippen LogP) is 3.15. The second kappa shape index (κ2) is 7.76. The molecule has 1 aromatic carbocycles. The lowest BCUT2D eigenvalue weighted by atomic mass is 10.0. The summed E-state index contributed by atoms with van der Waals surface area (Å²) in [6.45, 7) is 4.12. The van der Waals surface area contributed by atoms with Crippen LogP contribution in [-0.4, -0.2) is 36.8 Å². The van der Waals surface area contributed by atoms with Gasteiger partial charge in [-0.3, -0.25) is 10.1 Å². The standard InChI is InChI=1S/C16H23N3O4S/c1-3-18(4-2)24(22,23)14-10-11-15(16(12-14)19(20)21)17-13-8-6-5-7-9-13/h5-6,10-13,17H,3-4,7-9H2,1-2H3. The fraction of sp³-hybridized carbons (Fsp3) is 0.500. The summed E-state index contributed by atoms with van der Waals surface area (Å²) in [5.74, 6) is 0. The van der Waals surface area contributed by atoms with Gasteiger partial charge in [-0.1, -0.05) is 26.0 Å². The lowest BCUT2D eigenvalue weighted by molar-refractivity contribution is -0.384. The Kier molecular flexibility index (Phi) is 5.95. The minimum atomic E-state index is -3.72. The monoisotopic (exact) mass is 353 g/mol. The molecule has 1 atom stereocenters. The highest BCUT2D eigenvalue weighted by atomic mass is 32.2. The van der Waals surface area contributed by atoms with Gasteiger partial charge in [-0.25, -0.2) is 8.42 Å². The smallest absolute Gasteiger partial charge is 0.293 e. The average molecular weight is 353 g/mol. The number of nitro groups is 1. The molecule has 0 bridgehead atoms. The minimum absolute atomic E-state index is 0.0491. The molecule has 0 spiro atoms. The van der Waals surface area contributed by atoms with Crippen molar-refractivity contribution in [1.29, 1.82) is 0 Å². The second-order valence-corrected chi connectivity index (χ2v) is 7.59. The summed E-state index contributed by atoms with van der Waals surface area (Å²) in [4.78, 5) is 10.8. The maximum atomic E-state index is 12.5. The van der Waals surface area contributed by atoms with E-state index in [2.05, 4.69) is 11.4 Å². The van der Waals surface area contributed by atoms with Crippen LogP contribution in [-0.2, 0) is 10.0 Å². The van der Waals surface area contributed by atoms with Gasteiger partial charge in [0, 0.05) is 25.2 Å². The van der Waals surface area contributed by atoms with Crippen molar-refractivity contribution in [2.75, 3.05) is 18.4 Å². The van der Waals surface area contributed by atoms with Crippen LogP contribution in [0.2, 0.25) is 0 Å². The molecule has 0 saturated heterocycles. The van der Waals surface area contributed by atoms with Gasteiger partial charge in [0.25, 0.3) is 5.69 Å². The van der Waals surface area contributed by atoms with Crippen LogP contribution in [0.3, 0.4) is 0 Å². The zero-order valence-electron chi connectivity index (χ0n) is 13.9. The van der Waals surface area contributed by atoms with E-state index in [1.165, 1.54) is 16.4 Å². The van der Waals surface area contributed by atoms with Gasteiger partial charge in [0.1, 0.15) is 5.69 Å². The maximum absolute atomic E-state index is 12.5. The normalized spacial score (nSPS) is 17.9. The van der Waals surface area contributed by atoms with Crippen LogP contribution in [0.15, 0.2) is 35.2 Å². The van der Waals surface area contributed by atoms with E-state index in [9.17, 15) is 18.5 Å². The minimum Gasteiger partial charge on any atom is -0.376 e. The molecule has 1 N–H and O–H groups in total. The molecule has 24 heavy (non-hydrogen) atoms. The van der Waals surface area contributed by atoms with E-state index in [1.54, 1.807) is 13.8 Å². The summed E-state index contributed by atoms with van der Waals surface area (Å²) >= 11 is 0. The second-order valence-electron chi connectivity index (χ2n) is 5.65. The molecule has 0 saturated carbocycles. The molecular formula is C16H23N3O4S. The van der Waals surface area contributed by atoms with Gasteiger partial charge in [0.05, 0.1) is 9.82 Å². The molecule has 0 heterocycles. The van der Waals surface area contributed by atoms with Crippen molar-refractivity contribution < 1.29 is 13.3 Å². The summed E-state index contributed by atoms with van der Waals surface area (Å²) < 4.78 is 26.4. The highest BCUT2D eigenvalue weighted by Crippen LogP contribution is 2.30. The first-order chi connectivity index (χ1) is 11.4. The van der Waals surface area contributed by atoms with Crippen LogP contribution in [0, 0.1) is 10.1 Å². The SMILES string of the molecule is CCN(CC)S(=O)(=O)c1ccc(NC2CC=CCC2)c([N+](=O)[O-])c1. The lowest BCUT2D eigenvalue weighted by Gasteiger charge is -2.21. The number of nitrogens with one attached hydrogen (secondary N) is 1. The van der Waals surface area contributed by atoms with Gasteiger partial charge in [0.15, 0.2) is 0 Å². The Balaban J connectivity index is 2.36. The summed E-state index contributed by atoms with van der Waals surface area (Å²) in [7, 11) is -3.72. The van der Waals surface area contributed by atoms with Gasteiger partial charge in [-0.2, -0.15) is 4.31 Å². The summed E-state index contributed by atoms with van der Waals surface area (Å²) in [5, 5.41) is 14.6. The zero-order valence-corrected chi connectivity index (χ0v) is 14.8. The van der Waals surface area contributed by atoms with Crippen LogP contribution in [0.4, 0.5) is 11.4 Å². The Morgan fingerprint density at radius 1 is 1.29 bits per heavy atom. The maximum Gasteiger partial charge on any atom is 0.293 e. The third-order valence-electron chi connectivity index (χ3n) is 4.14. The first-order valence-electron chi connectivity index (χ1n) is 8.10. The Hall–Kier alpha value is -1.93. The Morgan fingerprint density at radius 3 is 2.54 bits per heavy atom. The lowest BCUT2D eigenvalue weighted by Crippen LogP contribution is -2.30. The van der Waals surface area contributed by atoms with Crippen LogP contribution in [0.1, 0.15) is 33.1 Å². The number of rotatable bonds is 7. The number of sulfonamides is 1. The fourth-order valence-corrected chi connectivity index (χ4v) is 4.28.